The predicted molar refractivity (Wildman–Crippen MR) is 79.1 cm³/mol. The third kappa shape index (κ3) is 2.74. The summed E-state index contributed by atoms with van der Waals surface area (Å²) in [6, 6.07) is 8.08. The van der Waals surface area contributed by atoms with Crippen LogP contribution in [0.2, 0.25) is 0 Å². The third-order valence-electron chi connectivity index (χ3n) is 2.77. The maximum atomic E-state index is 6.02. The Morgan fingerprint density at radius 2 is 2.12 bits per heavy atom. The lowest BCUT2D eigenvalue weighted by molar-refractivity contribution is 0.529. The van der Waals surface area contributed by atoms with Gasteiger partial charge in [0.25, 0.3) is 0 Å². The van der Waals surface area contributed by atoms with Crippen molar-refractivity contribution in [1.82, 2.24) is 0 Å². The first-order valence-corrected chi connectivity index (χ1v) is 6.45. The van der Waals surface area contributed by atoms with Gasteiger partial charge in [0.15, 0.2) is 0 Å². The first-order valence-electron chi connectivity index (χ1n) is 5.37. The zero-order valence-corrected chi connectivity index (χ0v) is 12.1. The summed E-state index contributed by atoms with van der Waals surface area (Å²) in [6.45, 7) is 2.77. The summed E-state index contributed by atoms with van der Waals surface area (Å²) < 4.78 is 6.44. The number of hydrogen-bond acceptors (Lipinski definition) is 3. The highest BCUT2D eigenvalue weighted by Crippen LogP contribution is 2.26. The molecule has 0 aliphatic carbocycles. The van der Waals surface area contributed by atoms with Crippen LogP contribution in [0.3, 0.4) is 0 Å². The van der Waals surface area contributed by atoms with E-state index in [4.69, 9.17) is 10.2 Å². The monoisotopic (exact) mass is 342 g/mol. The second kappa shape index (κ2) is 5.00. The van der Waals surface area contributed by atoms with Gasteiger partial charge in [-0.15, -0.1) is 0 Å². The summed E-state index contributed by atoms with van der Waals surface area (Å²) in [5.41, 5.74) is 9.06. The number of anilines is 2. The second-order valence-electron chi connectivity index (χ2n) is 4.06. The van der Waals surface area contributed by atoms with E-state index in [2.05, 4.69) is 33.6 Å². The molecule has 0 aliphatic heterocycles. The predicted octanol–water partition coefficient (Wildman–Crippen LogP) is 3.41. The quantitative estimate of drug-likeness (QED) is 0.687. The fourth-order valence-corrected chi connectivity index (χ4v) is 2.30. The average molecular weight is 342 g/mol. The molecule has 0 spiro atoms. The molecule has 0 amide bonds. The van der Waals surface area contributed by atoms with Crippen LogP contribution >= 0.6 is 22.6 Å². The molecule has 0 aliphatic rings. The lowest BCUT2D eigenvalue weighted by Crippen LogP contribution is -2.17. The van der Waals surface area contributed by atoms with Gasteiger partial charge < -0.3 is 15.1 Å². The van der Waals surface area contributed by atoms with Crippen LogP contribution in [-0.4, -0.2) is 7.05 Å². The number of nitrogens with two attached hydrogens (primary N) is 1. The minimum absolute atomic E-state index is 0.799. The molecule has 0 radical (unpaired) electrons. The van der Waals surface area contributed by atoms with Crippen molar-refractivity contribution in [1.29, 1.82) is 0 Å². The zero-order valence-electron chi connectivity index (χ0n) is 9.90. The van der Waals surface area contributed by atoms with Crippen molar-refractivity contribution in [2.45, 2.75) is 13.5 Å². The molecule has 90 valence electrons. The van der Waals surface area contributed by atoms with Crippen LogP contribution < -0.4 is 10.6 Å². The van der Waals surface area contributed by atoms with Gasteiger partial charge in [-0.25, -0.2) is 0 Å². The smallest absolute Gasteiger partial charge is 0.105 e. The highest BCUT2D eigenvalue weighted by atomic mass is 127. The van der Waals surface area contributed by atoms with Gasteiger partial charge in [0.1, 0.15) is 5.76 Å². The maximum Gasteiger partial charge on any atom is 0.105 e. The summed E-state index contributed by atoms with van der Waals surface area (Å²) in [6.07, 6.45) is 1.72. The molecule has 1 aromatic heterocycles. The topological polar surface area (TPSA) is 42.4 Å². The Morgan fingerprint density at radius 3 is 2.71 bits per heavy atom. The van der Waals surface area contributed by atoms with Crippen molar-refractivity contribution in [3.63, 3.8) is 0 Å². The zero-order chi connectivity index (χ0) is 12.4. The SMILES string of the molecule is Cc1occc1CN(C)c1ccc(I)cc1N. The van der Waals surface area contributed by atoms with Crippen molar-refractivity contribution in [2.75, 3.05) is 17.7 Å². The van der Waals surface area contributed by atoms with Gasteiger partial charge in [0, 0.05) is 22.7 Å². The largest absolute Gasteiger partial charge is 0.469 e. The molecular formula is C13H15IN2O. The van der Waals surface area contributed by atoms with Crippen molar-refractivity contribution in [3.05, 3.63) is 45.4 Å². The van der Waals surface area contributed by atoms with Crippen molar-refractivity contribution >= 4 is 34.0 Å². The van der Waals surface area contributed by atoms with Crippen LogP contribution in [0.1, 0.15) is 11.3 Å². The first-order chi connectivity index (χ1) is 8.08. The van der Waals surface area contributed by atoms with E-state index in [9.17, 15) is 0 Å². The lowest BCUT2D eigenvalue weighted by atomic mass is 10.2. The van der Waals surface area contributed by atoms with Gasteiger partial charge >= 0.3 is 0 Å². The Bertz CT molecular complexity index is 522. The molecular weight excluding hydrogens is 327 g/mol. The Kier molecular flexibility index (Phi) is 3.61. The summed E-state index contributed by atoms with van der Waals surface area (Å²) in [7, 11) is 2.03. The second-order valence-corrected chi connectivity index (χ2v) is 5.31. The number of rotatable bonds is 3. The Balaban J connectivity index is 2.20. The normalized spacial score (nSPS) is 10.5. The Morgan fingerprint density at radius 1 is 1.35 bits per heavy atom. The van der Waals surface area contributed by atoms with Gasteiger partial charge in [-0.05, 0) is 53.8 Å². The number of furan rings is 1. The fraction of sp³-hybridized carbons (Fsp3) is 0.231. The number of aryl methyl sites for hydroxylation is 1. The van der Waals surface area contributed by atoms with E-state index < -0.39 is 0 Å². The van der Waals surface area contributed by atoms with Crippen molar-refractivity contribution in [2.24, 2.45) is 0 Å². The summed E-state index contributed by atoms with van der Waals surface area (Å²) in [5.74, 6) is 0.959. The van der Waals surface area contributed by atoms with Crippen LogP contribution in [-0.2, 0) is 6.54 Å². The Hall–Kier alpha value is -1.17. The van der Waals surface area contributed by atoms with Gasteiger partial charge in [-0.3, -0.25) is 0 Å². The van der Waals surface area contributed by atoms with E-state index in [1.54, 1.807) is 6.26 Å². The molecule has 0 atom stereocenters. The van der Waals surface area contributed by atoms with Gasteiger partial charge in [0.2, 0.25) is 0 Å². The van der Waals surface area contributed by atoms with E-state index in [0.29, 0.717) is 0 Å². The number of halogens is 1. The summed E-state index contributed by atoms with van der Waals surface area (Å²) >= 11 is 2.26. The average Bonchev–Trinajstić information content (AvgIpc) is 2.64. The first kappa shape index (κ1) is 12.3. The van der Waals surface area contributed by atoms with Gasteiger partial charge in [0.05, 0.1) is 17.6 Å². The molecule has 17 heavy (non-hydrogen) atoms. The van der Waals surface area contributed by atoms with Crippen LogP contribution in [0.5, 0.6) is 0 Å². The van der Waals surface area contributed by atoms with Crippen molar-refractivity contribution in [3.8, 4) is 0 Å². The van der Waals surface area contributed by atoms with E-state index >= 15 is 0 Å². The Labute approximate surface area is 115 Å². The summed E-state index contributed by atoms with van der Waals surface area (Å²) in [5, 5.41) is 0. The highest BCUT2D eigenvalue weighted by Gasteiger charge is 2.09. The number of nitrogens with zero attached hydrogens (tertiary/aromatic N) is 1. The number of nitrogen functional groups attached to an aromatic ring is 1. The van der Waals surface area contributed by atoms with Crippen LogP contribution in [0.4, 0.5) is 11.4 Å². The molecule has 0 unspecified atom stereocenters. The minimum atomic E-state index is 0.799. The van der Waals surface area contributed by atoms with Crippen LogP contribution in [0.15, 0.2) is 34.9 Å². The van der Waals surface area contributed by atoms with E-state index in [-0.39, 0.29) is 0 Å². The molecule has 1 aromatic carbocycles. The molecule has 4 heteroatoms. The van der Waals surface area contributed by atoms with E-state index in [1.165, 1.54) is 5.56 Å². The molecule has 2 N–H and O–H groups in total. The lowest BCUT2D eigenvalue weighted by Gasteiger charge is -2.21. The van der Waals surface area contributed by atoms with E-state index in [1.807, 2.05) is 32.2 Å². The molecule has 0 fully saturated rings. The maximum absolute atomic E-state index is 6.02. The molecule has 3 nitrogen and oxygen atoms in total. The van der Waals surface area contributed by atoms with E-state index in [0.717, 1.165) is 27.2 Å². The molecule has 0 saturated carbocycles. The van der Waals surface area contributed by atoms with Crippen LogP contribution in [0.25, 0.3) is 0 Å². The molecule has 0 saturated heterocycles. The fourth-order valence-electron chi connectivity index (χ4n) is 1.79. The molecule has 2 rings (SSSR count). The standard InChI is InChI=1S/C13H15IN2O/c1-9-10(5-6-17-9)8-16(2)13-4-3-11(14)7-12(13)15/h3-7H,8,15H2,1-2H3. The molecule has 0 bridgehead atoms. The van der Waals surface area contributed by atoms with Gasteiger partial charge in [-0.1, -0.05) is 0 Å². The van der Waals surface area contributed by atoms with Crippen LogP contribution in [0, 0.1) is 10.5 Å². The number of hydrogen-bond donors (Lipinski definition) is 1. The van der Waals surface area contributed by atoms with Crippen molar-refractivity contribution < 1.29 is 4.42 Å². The highest BCUT2D eigenvalue weighted by molar-refractivity contribution is 14.1. The third-order valence-corrected chi connectivity index (χ3v) is 3.45. The van der Waals surface area contributed by atoms with Gasteiger partial charge in [-0.2, -0.15) is 0 Å². The molecule has 1 heterocycles. The summed E-state index contributed by atoms with van der Waals surface area (Å²) in [4.78, 5) is 2.13. The molecule has 2 aromatic rings. The minimum Gasteiger partial charge on any atom is -0.469 e. The number of benzene rings is 1.